The summed E-state index contributed by atoms with van der Waals surface area (Å²) < 4.78 is 16.0. The molecule has 140 valence electrons. The van der Waals surface area contributed by atoms with Gasteiger partial charge in [0.05, 0.1) is 0 Å². The van der Waals surface area contributed by atoms with E-state index in [1.807, 2.05) is 26.0 Å². The van der Waals surface area contributed by atoms with Crippen LogP contribution in [0.25, 0.3) is 10.9 Å². The molecule has 1 heterocycles. The zero-order valence-corrected chi connectivity index (χ0v) is 15.8. The molecular formula is C23H25FN2O. The minimum Gasteiger partial charge on any atom is -0.353 e. The summed E-state index contributed by atoms with van der Waals surface area (Å²) >= 11 is 0. The van der Waals surface area contributed by atoms with Crippen molar-refractivity contribution in [2.45, 2.75) is 45.7 Å². The molecule has 4 heteroatoms. The van der Waals surface area contributed by atoms with E-state index in [9.17, 15) is 9.18 Å². The molecule has 3 aromatic rings. The van der Waals surface area contributed by atoms with Crippen LogP contribution in [0.4, 0.5) is 4.39 Å². The molecular weight excluding hydrogens is 339 g/mol. The van der Waals surface area contributed by atoms with Gasteiger partial charge in [0.25, 0.3) is 0 Å². The van der Waals surface area contributed by atoms with Crippen LogP contribution in [0.3, 0.4) is 0 Å². The number of aromatic nitrogens is 1. The van der Waals surface area contributed by atoms with E-state index in [-0.39, 0.29) is 23.7 Å². The third-order valence-electron chi connectivity index (χ3n) is 5.47. The molecule has 0 fully saturated rings. The molecule has 1 atom stereocenters. The van der Waals surface area contributed by atoms with E-state index in [1.54, 1.807) is 12.1 Å². The van der Waals surface area contributed by atoms with E-state index >= 15 is 0 Å². The molecule has 0 radical (unpaired) electrons. The standard InChI is InChI=1S/C23H25FN2O/c1-15(2)23(27)25-18-10-11-22-20(13-18)19-8-3-4-9-21(19)26(22)14-16-6-5-7-17(24)12-16/h3-9,12,15,18H,10-11,13-14H2,1-2H3,(H,25,27)/t18-/m1/s1. The average molecular weight is 364 g/mol. The van der Waals surface area contributed by atoms with Gasteiger partial charge < -0.3 is 9.88 Å². The van der Waals surface area contributed by atoms with Crippen molar-refractivity contribution in [2.75, 3.05) is 0 Å². The van der Waals surface area contributed by atoms with Crippen LogP contribution in [0.15, 0.2) is 48.5 Å². The fourth-order valence-electron chi connectivity index (χ4n) is 4.09. The van der Waals surface area contributed by atoms with Gasteiger partial charge in [-0.25, -0.2) is 4.39 Å². The summed E-state index contributed by atoms with van der Waals surface area (Å²) in [4.78, 5) is 12.1. The van der Waals surface area contributed by atoms with Gasteiger partial charge in [-0.15, -0.1) is 0 Å². The number of benzene rings is 2. The number of nitrogens with one attached hydrogen (secondary N) is 1. The number of fused-ring (bicyclic) bond motifs is 3. The molecule has 0 unspecified atom stereocenters. The highest BCUT2D eigenvalue weighted by atomic mass is 19.1. The molecule has 0 saturated heterocycles. The van der Waals surface area contributed by atoms with E-state index in [4.69, 9.17) is 0 Å². The van der Waals surface area contributed by atoms with Crippen LogP contribution in [0, 0.1) is 11.7 Å². The second-order valence-electron chi connectivity index (χ2n) is 7.76. The highest BCUT2D eigenvalue weighted by molar-refractivity contribution is 5.86. The van der Waals surface area contributed by atoms with Crippen molar-refractivity contribution in [3.63, 3.8) is 0 Å². The number of amides is 1. The molecule has 27 heavy (non-hydrogen) atoms. The largest absolute Gasteiger partial charge is 0.353 e. The van der Waals surface area contributed by atoms with Crippen molar-refractivity contribution in [1.82, 2.24) is 9.88 Å². The van der Waals surface area contributed by atoms with E-state index in [1.165, 1.54) is 28.2 Å². The van der Waals surface area contributed by atoms with Crippen LogP contribution in [0.2, 0.25) is 0 Å². The summed E-state index contributed by atoms with van der Waals surface area (Å²) in [5, 5.41) is 4.44. The monoisotopic (exact) mass is 364 g/mol. The molecule has 1 N–H and O–H groups in total. The Morgan fingerprint density at radius 2 is 2.04 bits per heavy atom. The molecule has 1 amide bonds. The van der Waals surface area contributed by atoms with Crippen molar-refractivity contribution in [1.29, 1.82) is 0 Å². The average Bonchev–Trinajstić information content (AvgIpc) is 2.95. The lowest BCUT2D eigenvalue weighted by Crippen LogP contribution is -2.41. The summed E-state index contributed by atoms with van der Waals surface area (Å²) in [6.45, 7) is 4.51. The van der Waals surface area contributed by atoms with Crippen molar-refractivity contribution in [2.24, 2.45) is 5.92 Å². The van der Waals surface area contributed by atoms with Crippen LogP contribution in [-0.2, 0) is 24.2 Å². The Morgan fingerprint density at radius 1 is 1.22 bits per heavy atom. The van der Waals surface area contributed by atoms with Crippen molar-refractivity contribution < 1.29 is 9.18 Å². The maximum absolute atomic E-state index is 13.6. The van der Waals surface area contributed by atoms with Gasteiger partial charge in [-0.1, -0.05) is 44.2 Å². The van der Waals surface area contributed by atoms with Gasteiger partial charge in [-0.05, 0) is 48.6 Å². The van der Waals surface area contributed by atoms with Gasteiger partial charge in [-0.2, -0.15) is 0 Å². The smallest absolute Gasteiger partial charge is 0.222 e. The van der Waals surface area contributed by atoms with Gasteiger partial charge in [0.2, 0.25) is 5.91 Å². The summed E-state index contributed by atoms with van der Waals surface area (Å²) in [6, 6.07) is 15.4. The first-order valence-corrected chi connectivity index (χ1v) is 9.66. The highest BCUT2D eigenvalue weighted by Gasteiger charge is 2.26. The number of carbonyl (C=O) groups is 1. The normalized spacial score (nSPS) is 16.5. The first-order valence-electron chi connectivity index (χ1n) is 9.66. The molecule has 3 nitrogen and oxygen atoms in total. The van der Waals surface area contributed by atoms with E-state index in [0.717, 1.165) is 24.8 Å². The Kier molecular flexibility index (Phi) is 4.73. The van der Waals surface area contributed by atoms with Crippen LogP contribution in [0.5, 0.6) is 0 Å². The first-order chi connectivity index (χ1) is 13.0. The molecule has 0 spiro atoms. The summed E-state index contributed by atoms with van der Waals surface area (Å²) in [5.74, 6) is -0.0815. The minimum absolute atomic E-state index is 0.000663. The second kappa shape index (κ2) is 7.18. The Morgan fingerprint density at radius 3 is 2.81 bits per heavy atom. The van der Waals surface area contributed by atoms with Crippen molar-refractivity contribution >= 4 is 16.8 Å². The van der Waals surface area contributed by atoms with Crippen LogP contribution < -0.4 is 5.32 Å². The van der Waals surface area contributed by atoms with Crippen LogP contribution in [0.1, 0.15) is 37.1 Å². The SMILES string of the molecule is CC(C)C(=O)N[C@@H]1CCc2c(c3ccccc3n2Cc2cccc(F)c2)C1. The number of carbonyl (C=O) groups excluding carboxylic acids is 1. The third-order valence-corrected chi connectivity index (χ3v) is 5.47. The number of rotatable bonds is 4. The second-order valence-corrected chi connectivity index (χ2v) is 7.76. The lowest BCUT2D eigenvalue weighted by Gasteiger charge is -2.26. The fraction of sp³-hybridized carbons (Fsp3) is 0.348. The quantitative estimate of drug-likeness (QED) is 0.729. The third kappa shape index (κ3) is 3.48. The maximum Gasteiger partial charge on any atom is 0.222 e. The Labute approximate surface area is 159 Å². The van der Waals surface area contributed by atoms with E-state index in [0.29, 0.717) is 6.54 Å². The molecule has 4 rings (SSSR count). The first kappa shape index (κ1) is 17.8. The molecule has 0 bridgehead atoms. The maximum atomic E-state index is 13.6. The number of hydrogen-bond acceptors (Lipinski definition) is 1. The van der Waals surface area contributed by atoms with Gasteiger partial charge in [0.15, 0.2) is 0 Å². The number of halogens is 1. The Bertz CT molecular complexity index is 989. The van der Waals surface area contributed by atoms with Gasteiger partial charge >= 0.3 is 0 Å². The topological polar surface area (TPSA) is 34.0 Å². The predicted molar refractivity (Wildman–Crippen MR) is 106 cm³/mol. The van der Waals surface area contributed by atoms with Crippen LogP contribution in [-0.4, -0.2) is 16.5 Å². The summed E-state index contributed by atoms with van der Waals surface area (Å²) in [6.07, 6.45) is 2.71. The zero-order valence-electron chi connectivity index (χ0n) is 15.8. The van der Waals surface area contributed by atoms with E-state index in [2.05, 4.69) is 28.1 Å². The molecule has 2 aromatic carbocycles. The van der Waals surface area contributed by atoms with Crippen molar-refractivity contribution in [3.05, 3.63) is 71.2 Å². The number of hydrogen-bond donors (Lipinski definition) is 1. The number of nitrogens with zero attached hydrogens (tertiary/aromatic N) is 1. The Hall–Kier alpha value is -2.62. The predicted octanol–water partition coefficient (Wildman–Crippen LogP) is 4.46. The van der Waals surface area contributed by atoms with E-state index < -0.39 is 0 Å². The minimum atomic E-state index is -0.200. The lowest BCUT2D eigenvalue weighted by molar-refractivity contribution is -0.124. The van der Waals surface area contributed by atoms with Gasteiger partial charge in [-0.3, -0.25) is 4.79 Å². The molecule has 1 aromatic heterocycles. The Balaban J connectivity index is 1.70. The fourth-order valence-corrected chi connectivity index (χ4v) is 4.09. The zero-order chi connectivity index (χ0) is 19.0. The molecule has 1 aliphatic rings. The summed E-state index contributed by atoms with van der Waals surface area (Å²) in [7, 11) is 0. The van der Waals surface area contributed by atoms with Crippen LogP contribution >= 0.6 is 0 Å². The number of para-hydroxylation sites is 1. The highest BCUT2D eigenvalue weighted by Crippen LogP contribution is 2.33. The van der Waals surface area contributed by atoms with Crippen molar-refractivity contribution in [3.8, 4) is 0 Å². The van der Waals surface area contributed by atoms with Gasteiger partial charge in [0, 0.05) is 35.1 Å². The molecule has 0 saturated carbocycles. The molecule has 0 aliphatic heterocycles. The summed E-state index contributed by atoms with van der Waals surface area (Å²) in [5.41, 5.74) is 4.79. The lowest BCUT2D eigenvalue weighted by atomic mass is 9.91. The van der Waals surface area contributed by atoms with Gasteiger partial charge in [0.1, 0.15) is 5.82 Å². The molecule has 1 aliphatic carbocycles.